The van der Waals surface area contributed by atoms with Crippen LogP contribution in [0.1, 0.15) is 72.6 Å². The fourth-order valence-electron chi connectivity index (χ4n) is 7.58. The molecule has 1 aliphatic heterocycles. The van der Waals surface area contributed by atoms with Gasteiger partial charge in [-0.25, -0.2) is 0 Å². The Balaban J connectivity index is 1.65. The van der Waals surface area contributed by atoms with Gasteiger partial charge in [-0.1, -0.05) is 13.8 Å². The first-order chi connectivity index (χ1) is 11.2. The lowest BCUT2D eigenvalue weighted by molar-refractivity contribution is -0.260. The van der Waals surface area contributed by atoms with Gasteiger partial charge in [-0.3, -0.25) is 4.79 Å². The molecular formula is C21H34O3. The molecule has 1 N–H and O–H groups in total. The summed E-state index contributed by atoms with van der Waals surface area (Å²) in [7, 11) is 0. The van der Waals surface area contributed by atoms with Gasteiger partial charge in [0.2, 0.25) is 0 Å². The lowest BCUT2D eigenvalue weighted by atomic mass is 9.46. The molecule has 0 spiro atoms. The molecule has 136 valence electrons. The third-order valence-corrected chi connectivity index (χ3v) is 9.17. The summed E-state index contributed by atoms with van der Waals surface area (Å²) in [5.41, 5.74) is 0.178. The summed E-state index contributed by atoms with van der Waals surface area (Å²) in [6.45, 7) is 9.67. The molecule has 0 radical (unpaired) electrons. The predicted octanol–water partition coefficient (Wildman–Crippen LogP) is 3.97. The summed E-state index contributed by atoms with van der Waals surface area (Å²) >= 11 is 0. The van der Waals surface area contributed by atoms with Crippen molar-refractivity contribution in [2.45, 2.75) is 84.3 Å². The van der Waals surface area contributed by atoms with Crippen molar-refractivity contribution in [3.8, 4) is 0 Å². The second-order valence-corrected chi connectivity index (χ2v) is 10.0. The molecule has 1 saturated heterocycles. The maximum absolute atomic E-state index is 12.2. The standard InChI is InChI=1S/C21H34O3/c1-13(22)16-5-6-17-15-12-24-21(4)11-14(23)7-10-20(21,3)18(15)8-9-19(16,17)2/h14-18,23H,5-12H2,1-4H3/t14?,15?,16?,17?,18?,19?,20-,21?/m1/s1. The average molecular weight is 335 g/mol. The van der Waals surface area contributed by atoms with E-state index in [0.717, 1.165) is 32.3 Å². The van der Waals surface area contributed by atoms with Crippen LogP contribution in [0.4, 0.5) is 0 Å². The van der Waals surface area contributed by atoms with Crippen molar-refractivity contribution in [3.63, 3.8) is 0 Å². The van der Waals surface area contributed by atoms with Crippen molar-refractivity contribution >= 4 is 5.78 Å². The Hall–Kier alpha value is -0.410. The van der Waals surface area contributed by atoms with Gasteiger partial charge < -0.3 is 9.84 Å². The van der Waals surface area contributed by atoms with Crippen LogP contribution in [0.3, 0.4) is 0 Å². The molecule has 1 heterocycles. The highest BCUT2D eigenvalue weighted by Crippen LogP contribution is 2.67. The number of ketones is 1. The summed E-state index contributed by atoms with van der Waals surface area (Å²) in [5, 5.41) is 10.2. The number of rotatable bonds is 1. The topological polar surface area (TPSA) is 46.5 Å². The molecule has 8 atom stereocenters. The summed E-state index contributed by atoms with van der Waals surface area (Å²) in [5.74, 6) is 2.58. The van der Waals surface area contributed by atoms with Gasteiger partial charge in [0.1, 0.15) is 5.78 Å². The second-order valence-electron chi connectivity index (χ2n) is 10.0. The lowest BCUT2D eigenvalue weighted by Crippen LogP contribution is -2.64. The molecule has 0 aromatic rings. The third-order valence-electron chi connectivity index (χ3n) is 9.17. The molecule has 3 aliphatic carbocycles. The van der Waals surface area contributed by atoms with Gasteiger partial charge in [-0.05, 0) is 81.0 Å². The van der Waals surface area contributed by atoms with Crippen LogP contribution in [0.5, 0.6) is 0 Å². The Kier molecular flexibility index (Phi) is 3.76. The zero-order valence-corrected chi connectivity index (χ0v) is 15.8. The number of ether oxygens (including phenoxy) is 1. The van der Waals surface area contributed by atoms with Crippen molar-refractivity contribution in [2.24, 2.45) is 34.5 Å². The molecule has 3 nitrogen and oxygen atoms in total. The van der Waals surface area contributed by atoms with Crippen LogP contribution >= 0.6 is 0 Å². The average Bonchev–Trinajstić information content (AvgIpc) is 2.86. The summed E-state index contributed by atoms with van der Waals surface area (Å²) < 4.78 is 6.52. The van der Waals surface area contributed by atoms with Gasteiger partial charge in [-0.2, -0.15) is 0 Å². The van der Waals surface area contributed by atoms with Gasteiger partial charge in [0, 0.05) is 12.3 Å². The van der Waals surface area contributed by atoms with Crippen molar-refractivity contribution in [3.05, 3.63) is 0 Å². The fraction of sp³-hybridized carbons (Fsp3) is 0.952. The van der Waals surface area contributed by atoms with Gasteiger partial charge in [0.25, 0.3) is 0 Å². The highest BCUT2D eigenvalue weighted by Gasteiger charge is 2.64. The molecule has 3 saturated carbocycles. The van der Waals surface area contributed by atoms with Crippen LogP contribution in [-0.4, -0.2) is 29.2 Å². The Morgan fingerprint density at radius 1 is 1.04 bits per heavy atom. The fourth-order valence-corrected chi connectivity index (χ4v) is 7.58. The van der Waals surface area contributed by atoms with Crippen LogP contribution in [0.15, 0.2) is 0 Å². The van der Waals surface area contributed by atoms with E-state index >= 15 is 0 Å². The Bertz CT molecular complexity index is 545. The van der Waals surface area contributed by atoms with Crippen molar-refractivity contribution in [1.29, 1.82) is 0 Å². The van der Waals surface area contributed by atoms with Crippen LogP contribution in [0, 0.1) is 34.5 Å². The zero-order chi connectivity index (χ0) is 17.3. The summed E-state index contributed by atoms with van der Waals surface area (Å²) in [4.78, 5) is 12.2. The summed E-state index contributed by atoms with van der Waals surface area (Å²) in [6, 6.07) is 0. The number of carbonyl (C=O) groups excluding carboxylic acids is 1. The van der Waals surface area contributed by atoms with Crippen LogP contribution in [0.25, 0.3) is 0 Å². The molecule has 4 aliphatic rings. The van der Waals surface area contributed by atoms with E-state index in [1.807, 2.05) is 0 Å². The minimum Gasteiger partial charge on any atom is -0.393 e. The molecule has 24 heavy (non-hydrogen) atoms. The predicted molar refractivity (Wildman–Crippen MR) is 93.5 cm³/mol. The maximum Gasteiger partial charge on any atom is 0.133 e. The third kappa shape index (κ3) is 2.06. The van der Waals surface area contributed by atoms with E-state index < -0.39 is 0 Å². The highest BCUT2D eigenvalue weighted by molar-refractivity contribution is 5.79. The van der Waals surface area contributed by atoms with E-state index in [1.54, 1.807) is 6.92 Å². The van der Waals surface area contributed by atoms with Gasteiger partial charge in [0.15, 0.2) is 0 Å². The minimum atomic E-state index is -0.206. The summed E-state index contributed by atoms with van der Waals surface area (Å²) in [6.07, 6.45) is 7.26. The molecule has 0 bridgehead atoms. The molecule has 4 rings (SSSR count). The first-order valence-electron chi connectivity index (χ1n) is 10.0. The van der Waals surface area contributed by atoms with Crippen LogP contribution in [0.2, 0.25) is 0 Å². The maximum atomic E-state index is 12.2. The van der Waals surface area contributed by atoms with Gasteiger partial charge in [0.05, 0.1) is 18.3 Å². The van der Waals surface area contributed by atoms with E-state index in [9.17, 15) is 9.90 Å². The smallest absolute Gasteiger partial charge is 0.133 e. The molecule has 4 fully saturated rings. The number of fused-ring (bicyclic) bond motifs is 5. The molecule has 7 unspecified atom stereocenters. The quantitative estimate of drug-likeness (QED) is 0.789. The Labute approximate surface area is 146 Å². The van der Waals surface area contributed by atoms with Crippen molar-refractivity contribution < 1.29 is 14.6 Å². The van der Waals surface area contributed by atoms with Gasteiger partial charge in [-0.15, -0.1) is 0 Å². The highest BCUT2D eigenvalue weighted by atomic mass is 16.5. The zero-order valence-electron chi connectivity index (χ0n) is 15.8. The SMILES string of the molecule is CC(=O)C1CCC2C3COC4(C)CC(O)CC[C@]4(C)C3CCC12C. The van der Waals surface area contributed by atoms with E-state index in [-0.39, 0.29) is 28.5 Å². The van der Waals surface area contributed by atoms with Crippen LogP contribution in [-0.2, 0) is 9.53 Å². The van der Waals surface area contributed by atoms with E-state index in [0.29, 0.717) is 23.5 Å². The molecule has 0 amide bonds. The number of aliphatic hydroxyl groups excluding tert-OH is 1. The first kappa shape index (κ1) is 17.0. The lowest BCUT2D eigenvalue weighted by Gasteiger charge is -2.64. The largest absolute Gasteiger partial charge is 0.393 e. The van der Waals surface area contributed by atoms with E-state index in [4.69, 9.17) is 4.74 Å². The molecule has 3 heteroatoms. The number of carbonyl (C=O) groups is 1. The number of aliphatic hydroxyl groups is 1. The van der Waals surface area contributed by atoms with Crippen molar-refractivity contribution in [1.82, 2.24) is 0 Å². The van der Waals surface area contributed by atoms with E-state index in [1.165, 1.54) is 19.3 Å². The number of Topliss-reactive ketones (excluding diaryl/α,β-unsaturated/α-hetero) is 1. The van der Waals surface area contributed by atoms with E-state index in [2.05, 4.69) is 20.8 Å². The number of hydrogen-bond acceptors (Lipinski definition) is 3. The Morgan fingerprint density at radius 2 is 1.79 bits per heavy atom. The normalized spacial score (nSPS) is 57.0. The molecular weight excluding hydrogens is 300 g/mol. The second kappa shape index (κ2) is 5.30. The minimum absolute atomic E-state index is 0.171. The monoisotopic (exact) mass is 334 g/mol. The number of hydrogen-bond donors (Lipinski definition) is 1. The first-order valence-corrected chi connectivity index (χ1v) is 10.0. The van der Waals surface area contributed by atoms with Gasteiger partial charge >= 0.3 is 0 Å². The van der Waals surface area contributed by atoms with Crippen molar-refractivity contribution in [2.75, 3.05) is 6.61 Å². The Morgan fingerprint density at radius 3 is 2.50 bits per heavy atom. The van der Waals surface area contributed by atoms with Crippen LogP contribution < -0.4 is 0 Å². The molecule has 0 aromatic heterocycles. The molecule has 0 aromatic carbocycles.